The second-order valence-electron chi connectivity index (χ2n) is 11.5. The zero-order valence-corrected chi connectivity index (χ0v) is 25.8. The minimum atomic E-state index is -1.39. The summed E-state index contributed by atoms with van der Waals surface area (Å²) >= 11 is 8.35. The van der Waals surface area contributed by atoms with Crippen LogP contribution in [0.25, 0.3) is 0 Å². The second kappa shape index (κ2) is 10.2. The number of hydrogen-bond acceptors (Lipinski definition) is 6. The summed E-state index contributed by atoms with van der Waals surface area (Å²) in [5.74, 6) is -4.42. The van der Waals surface area contributed by atoms with Gasteiger partial charge in [0, 0.05) is 10.9 Å². The number of amides is 4. The van der Waals surface area contributed by atoms with Crippen LogP contribution in [0.4, 0.5) is 5.69 Å². The molecule has 2 aliphatic carbocycles. The molecule has 1 saturated carbocycles. The van der Waals surface area contributed by atoms with E-state index in [-0.39, 0.29) is 35.6 Å². The van der Waals surface area contributed by atoms with Crippen LogP contribution in [0, 0.1) is 27.2 Å². The van der Waals surface area contributed by atoms with E-state index in [1.807, 2.05) is 59.0 Å². The fourth-order valence-corrected chi connectivity index (χ4v) is 8.76. The molecule has 10 heteroatoms. The van der Waals surface area contributed by atoms with Gasteiger partial charge in [0.15, 0.2) is 11.5 Å². The molecule has 2 aliphatic heterocycles. The fourth-order valence-electron chi connectivity index (χ4n) is 7.95. The molecule has 2 heterocycles. The van der Waals surface area contributed by atoms with Crippen LogP contribution < -0.4 is 15.0 Å². The lowest BCUT2D eigenvalue weighted by molar-refractivity contribution is -0.128. The Bertz CT molecular complexity index is 1760. The highest BCUT2D eigenvalue weighted by Gasteiger charge is 2.69. The molecule has 8 nitrogen and oxygen atoms in total. The molecule has 0 aromatic heterocycles. The summed E-state index contributed by atoms with van der Waals surface area (Å²) in [6, 6.07) is 19.5. The molecular formula is C33H26ClIN2O6. The quantitative estimate of drug-likeness (QED) is 0.222. The van der Waals surface area contributed by atoms with Crippen molar-refractivity contribution in [3.8, 4) is 11.5 Å². The van der Waals surface area contributed by atoms with Crippen LogP contribution in [0.3, 0.4) is 0 Å². The third-order valence-corrected chi connectivity index (χ3v) is 10.7. The van der Waals surface area contributed by atoms with E-state index in [2.05, 4.69) is 5.32 Å². The maximum atomic E-state index is 15.1. The second-order valence-corrected chi connectivity index (χ2v) is 13.1. The van der Waals surface area contributed by atoms with E-state index in [9.17, 15) is 19.5 Å². The number of allylic oxidation sites excluding steroid dienone is 2. The maximum Gasteiger partial charge on any atom is 0.246 e. The van der Waals surface area contributed by atoms with Crippen LogP contribution in [0.1, 0.15) is 29.9 Å². The van der Waals surface area contributed by atoms with Crippen LogP contribution in [0.15, 0.2) is 78.4 Å². The number of rotatable bonds is 4. The molecule has 6 atom stereocenters. The summed E-state index contributed by atoms with van der Waals surface area (Å²) in [6.45, 7) is 0. The van der Waals surface area contributed by atoms with Gasteiger partial charge in [-0.25, -0.2) is 4.90 Å². The number of halogens is 2. The van der Waals surface area contributed by atoms with Crippen molar-refractivity contribution in [2.45, 2.75) is 24.2 Å². The number of nitrogens with one attached hydrogen (secondary N) is 1. The Morgan fingerprint density at radius 3 is 2.49 bits per heavy atom. The summed E-state index contributed by atoms with van der Waals surface area (Å²) in [5, 5.41) is 13.6. The fraction of sp³-hybridized carbons (Fsp3) is 0.273. The zero-order valence-electron chi connectivity index (χ0n) is 22.9. The number of carbonyl (C=O) groups excluding carboxylic acids is 4. The molecule has 6 unspecified atom stereocenters. The number of aromatic hydroxyl groups is 1. The summed E-state index contributed by atoms with van der Waals surface area (Å²) in [6.07, 6.45) is 2.54. The number of phenolic OH excluding ortho intramolecular Hbond substituents is 1. The van der Waals surface area contributed by atoms with E-state index in [4.69, 9.17) is 16.3 Å². The molecule has 218 valence electrons. The summed E-state index contributed by atoms with van der Waals surface area (Å²) in [7, 11) is 1.46. The molecular weight excluding hydrogens is 683 g/mol. The number of nitrogens with zero attached hydrogens (tertiary/aromatic N) is 1. The number of benzene rings is 3. The SMILES string of the molecule is COc1cc(C2C3=CCC4C(=O)NC(=O)C4C3CC3C(=O)N(c4cccc(Cl)c4)C(=O)C32c2ccccc2)cc(I)c1O. The molecule has 43 heavy (non-hydrogen) atoms. The number of phenols is 1. The van der Waals surface area contributed by atoms with Crippen LogP contribution in [0.2, 0.25) is 5.02 Å². The minimum absolute atomic E-state index is 0.0302. The molecule has 4 aliphatic rings. The highest BCUT2D eigenvalue weighted by atomic mass is 127. The number of anilines is 1. The van der Waals surface area contributed by atoms with Crippen molar-refractivity contribution in [1.29, 1.82) is 0 Å². The van der Waals surface area contributed by atoms with Gasteiger partial charge in [0.05, 0.1) is 39.5 Å². The molecule has 3 aromatic rings. The molecule has 3 fully saturated rings. The first-order chi connectivity index (χ1) is 20.7. The van der Waals surface area contributed by atoms with E-state index in [0.717, 1.165) is 5.57 Å². The van der Waals surface area contributed by atoms with E-state index >= 15 is 4.79 Å². The summed E-state index contributed by atoms with van der Waals surface area (Å²) < 4.78 is 6.05. The largest absolute Gasteiger partial charge is 0.504 e. The first-order valence-corrected chi connectivity index (χ1v) is 15.4. The Kier molecular flexibility index (Phi) is 6.66. The minimum Gasteiger partial charge on any atom is -0.504 e. The van der Waals surface area contributed by atoms with E-state index < -0.39 is 40.9 Å². The average Bonchev–Trinajstić information content (AvgIpc) is 3.42. The third-order valence-electron chi connectivity index (χ3n) is 9.61. The number of hydrogen-bond donors (Lipinski definition) is 2. The summed E-state index contributed by atoms with van der Waals surface area (Å²) in [5.41, 5.74) is 1.15. The molecule has 0 bridgehead atoms. The lowest BCUT2D eigenvalue weighted by atomic mass is 9.49. The number of methoxy groups -OCH3 is 1. The molecule has 2 N–H and O–H groups in total. The highest BCUT2D eigenvalue weighted by molar-refractivity contribution is 14.1. The molecule has 7 rings (SSSR count). The predicted octanol–water partition coefficient (Wildman–Crippen LogP) is 5.11. The van der Waals surface area contributed by atoms with Crippen molar-refractivity contribution in [3.63, 3.8) is 0 Å². The lowest BCUT2D eigenvalue weighted by Crippen LogP contribution is -2.53. The zero-order chi connectivity index (χ0) is 30.2. The van der Waals surface area contributed by atoms with Gasteiger partial charge >= 0.3 is 0 Å². The Hall–Kier alpha value is -3.70. The van der Waals surface area contributed by atoms with Crippen molar-refractivity contribution in [2.75, 3.05) is 12.0 Å². The Morgan fingerprint density at radius 2 is 1.77 bits per heavy atom. The van der Waals surface area contributed by atoms with Gasteiger partial charge in [-0.3, -0.25) is 24.5 Å². The van der Waals surface area contributed by atoms with Crippen molar-refractivity contribution < 1.29 is 29.0 Å². The molecule has 0 spiro atoms. The smallest absolute Gasteiger partial charge is 0.246 e. The predicted molar refractivity (Wildman–Crippen MR) is 167 cm³/mol. The van der Waals surface area contributed by atoms with Gasteiger partial charge in [0.2, 0.25) is 23.6 Å². The number of fused-ring (bicyclic) bond motifs is 4. The number of imide groups is 2. The number of ether oxygens (including phenoxy) is 1. The number of carbonyl (C=O) groups is 4. The van der Waals surface area contributed by atoms with Crippen molar-refractivity contribution in [2.24, 2.45) is 23.7 Å². The Morgan fingerprint density at radius 1 is 1.00 bits per heavy atom. The van der Waals surface area contributed by atoms with E-state index in [1.165, 1.54) is 12.0 Å². The van der Waals surface area contributed by atoms with Gasteiger partial charge in [-0.15, -0.1) is 0 Å². The van der Waals surface area contributed by atoms with Gasteiger partial charge in [-0.1, -0.05) is 59.6 Å². The lowest BCUT2D eigenvalue weighted by Gasteiger charge is -2.50. The van der Waals surface area contributed by atoms with Crippen LogP contribution in [-0.2, 0) is 24.6 Å². The normalized spacial score (nSPS) is 29.5. The standard InChI is InChI=1S/C33H26ClIN2O6/c1-43-25-13-16(12-24(35)28(25)38)27-20-10-11-21-26(30(40)36-29(21)39)22(20)15-23-31(41)37(19-9-5-8-18(34)14-19)32(42)33(23,27)17-6-3-2-4-7-17/h2-10,12-14,21-23,26-27,38H,11,15H2,1H3,(H,36,39,40). The van der Waals surface area contributed by atoms with Gasteiger partial charge in [-0.05, 0) is 82.8 Å². The van der Waals surface area contributed by atoms with Crippen molar-refractivity contribution >= 4 is 63.5 Å². The van der Waals surface area contributed by atoms with Crippen molar-refractivity contribution in [3.05, 3.63) is 98.1 Å². The molecule has 4 amide bonds. The first kappa shape index (κ1) is 28.1. The average molecular weight is 709 g/mol. The molecule has 3 aromatic carbocycles. The monoisotopic (exact) mass is 708 g/mol. The van der Waals surface area contributed by atoms with Crippen LogP contribution in [-0.4, -0.2) is 35.8 Å². The van der Waals surface area contributed by atoms with E-state index in [0.29, 0.717) is 31.8 Å². The Balaban J connectivity index is 1.54. The van der Waals surface area contributed by atoms with Gasteiger partial charge < -0.3 is 9.84 Å². The highest BCUT2D eigenvalue weighted by Crippen LogP contribution is 2.64. The third kappa shape index (κ3) is 3.93. The maximum absolute atomic E-state index is 15.1. The van der Waals surface area contributed by atoms with Crippen LogP contribution >= 0.6 is 34.2 Å². The van der Waals surface area contributed by atoms with Crippen LogP contribution in [0.5, 0.6) is 11.5 Å². The topological polar surface area (TPSA) is 113 Å². The van der Waals surface area contributed by atoms with Gasteiger partial charge in [0.1, 0.15) is 0 Å². The first-order valence-electron chi connectivity index (χ1n) is 14.0. The van der Waals surface area contributed by atoms with Gasteiger partial charge in [0.25, 0.3) is 0 Å². The Labute approximate surface area is 266 Å². The van der Waals surface area contributed by atoms with Gasteiger partial charge in [-0.2, -0.15) is 0 Å². The summed E-state index contributed by atoms with van der Waals surface area (Å²) in [4.78, 5) is 56.9. The van der Waals surface area contributed by atoms with Crippen molar-refractivity contribution in [1.82, 2.24) is 5.32 Å². The molecule has 0 radical (unpaired) electrons. The van der Waals surface area contributed by atoms with E-state index in [1.54, 1.807) is 36.4 Å². The molecule has 2 saturated heterocycles.